The van der Waals surface area contributed by atoms with E-state index in [9.17, 15) is 4.79 Å². The van der Waals surface area contributed by atoms with Gasteiger partial charge in [-0.1, -0.05) is 48.5 Å². The summed E-state index contributed by atoms with van der Waals surface area (Å²) in [6.45, 7) is 1.73. The van der Waals surface area contributed by atoms with Crippen LogP contribution in [-0.4, -0.2) is 23.2 Å². The molecule has 1 heterocycles. The van der Waals surface area contributed by atoms with Gasteiger partial charge in [0.05, 0.1) is 5.71 Å². The summed E-state index contributed by atoms with van der Waals surface area (Å²) < 4.78 is 5.72. The molecule has 0 atom stereocenters. The van der Waals surface area contributed by atoms with Gasteiger partial charge in [0.1, 0.15) is 5.75 Å². The predicted molar refractivity (Wildman–Crippen MR) is 106 cm³/mol. The van der Waals surface area contributed by atoms with Crippen LogP contribution in [0.1, 0.15) is 23.6 Å². The van der Waals surface area contributed by atoms with Gasteiger partial charge in [-0.3, -0.25) is 9.78 Å². The van der Waals surface area contributed by atoms with Crippen molar-refractivity contribution in [2.75, 3.05) is 6.61 Å². The second-order valence-electron chi connectivity index (χ2n) is 6.03. The Kier molecular flexibility index (Phi) is 6.30. The van der Waals surface area contributed by atoms with E-state index in [-0.39, 0.29) is 12.5 Å². The van der Waals surface area contributed by atoms with Gasteiger partial charge in [0.2, 0.25) is 0 Å². The highest BCUT2D eigenvalue weighted by Gasteiger charge is 2.07. The molecule has 0 aliphatic heterocycles. The first-order valence-corrected chi connectivity index (χ1v) is 8.70. The molecule has 5 heteroatoms. The Hall–Kier alpha value is -3.47. The molecule has 0 unspecified atom stereocenters. The summed E-state index contributed by atoms with van der Waals surface area (Å²) in [7, 11) is 0. The summed E-state index contributed by atoms with van der Waals surface area (Å²) in [5.41, 5.74) is 6.36. The minimum absolute atomic E-state index is 0.0983. The zero-order valence-corrected chi connectivity index (χ0v) is 15.1. The van der Waals surface area contributed by atoms with Crippen LogP contribution in [0, 0.1) is 0 Å². The van der Waals surface area contributed by atoms with Crippen molar-refractivity contribution in [3.05, 3.63) is 95.8 Å². The number of amides is 1. The molecule has 1 N–H and O–H groups in total. The van der Waals surface area contributed by atoms with E-state index < -0.39 is 0 Å². The van der Waals surface area contributed by atoms with Gasteiger partial charge in [-0.15, -0.1) is 0 Å². The molecule has 0 bridgehead atoms. The second-order valence-corrected chi connectivity index (χ2v) is 6.03. The lowest BCUT2D eigenvalue weighted by atomic mass is 10.0. The number of ether oxygens (including phenoxy) is 1. The van der Waals surface area contributed by atoms with E-state index in [1.54, 1.807) is 12.4 Å². The molecule has 0 radical (unpaired) electrons. The van der Waals surface area contributed by atoms with Crippen LogP contribution in [0.2, 0.25) is 0 Å². The normalized spacial score (nSPS) is 11.1. The summed E-state index contributed by atoms with van der Waals surface area (Å²) >= 11 is 0. The molecule has 0 spiro atoms. The zero-order valence-electron chi connectivity index (χ0n) is 15.1. The van der Waals surface area contributed by atoms with Crippen molar-refractivity contribution in [3.63, 3.8) is 0 Å². The number of para-hydroxylation sites is 1. The number of hydrogen-bond acceptors (Lipinski definition) is 4. The number of rotatable bonds is 7. The average Bonchev–Trinajstić information content (AvgIpc) is 2.73. The van der Waals surface area contributed by atoms with Gasteiger partial charge in [0, 0.05) is 24.4 Å². The van der Waals surface area contributed by atoms with Crippen molar-refractivity contribution in [1.29, 1.82) is 0 Å². The van der Waals surface area contributed by atoms with Gasteiger partial charge in [-0.05, 0) is 36.2 Å². The molecule has 27 heavy (non-hydrogen) atoms. The fourth-order valence-corrected chi connectivity index (χ4v) is 2.59. The molecule has 0 aliphatic rings. The van der Waals surface area contributed by atoms with E-state index in [1.807, 2.05) is 61.5 Å². The fraction of sp³-hybridized carbons (Fsp3) is 0.136. The Bertz CT molecular complexity index is 909. The fourth-order valence-electron chi connectivity index (χ4n) is 2.59. The third-order valence-electron chi connectivity index (χ3n) is 4.02. The van der Waals surface area contributed by atoms with Crippen LogP contribution in [-0.2, 0) is 11.2 Å². The molecule has 0 aliphatic carbocycles. The van der Waals surface area contributed by atoms with Crippen LogP contribution in [0.25, 0.3) is 0 Å². The maximum Gasteiger partial charge on any atom is 0.277 e. The molecule has 0 fully saturated rings. The van der Waals surface area contributed by atoms with Crippen LogP contribution < -0.4 is 10.2 Å². The molecule has 1 amide bonds. The van der Waals surface area contributed by atoms with Crippen LogP contribution in [0.3, 0.4) is 0 Å². The smallest absolute Gasteiger partial charge is 0.277 e. The van der Waals surface area contributed by atoms with E-state index in [4.69, 9.17) is 4.74 Å². The topological polar surface area (TPSA) is 63.6 Å². The lowest BCUT2D eigenvalue weighted by molar-refractivity contribution is -0.123. The summed E-state index contributed by atoms with van der Waals surface area (Å²) in [6.07, 6.45) is 4.11. The van der Waals surface area contributed by atoms with Crippen LogP contribution in [0.4, 0.5) is 0 Å². The standard InChI is InChI=1S/C22H21N3O2/c1-17(19-11-13-23-14-12-19)24-25-22(26)16-27-21-10-6-5-9-20(21)15-18-7-3-2-4-8-18/h2-14H,15-16H2,1H3,(H,25,26)/b24-17-. The highest BCUT2D eigenvalue weighted by Crippen LogP contribution is 2.21. The number of hydrazone groups is 1. The Labute approximate surface area is 158 Å². The number of nitrogens with one attached hydrogen (secondary N) is 1. The first-order valence-electron chi connectivity index (χ1n) is 8.70. The number of carbonyl (C=O) groups excluding carboxylic acids is 1. The Balaban J connectivity index is 1.58. The highest BCUT2D eigenvalue weighted by molar-refractivity contribution is 5.99. The largest absolute Gasteiger partial charge is 0.483 e. The summed E-state index contributed by atoms with van der Waals surface area (Å²) in [4.78, 5) is 16.0. The van der Waals surface area contributed by atoms with Crippen molar-refractivity contribution >= 4 is 11.6 Å². The third-order valence-corrected chi connectivity index (χ3v) is 4.02. The summed E-state index contributed by atoms with van der Waals surface area (Å²) in [6, 6.07) is 21.6. The molecule has 0 saturated carbocycles. The summed E-state index contributed by atoms with van der Waals surface area (Å²) in [5, 5.41) is 4.11. The maximum atomic E-state index is 12.1. The van der Waals surface area contributed by atoms with Crippen molar-refractivity contribution in [2.45, 2.75) is 13.3 Å². The van der Waals surface area contributed by atoms with Crippen molar-refractivity contribution in [2.24, 2.45) is 5.10 Å². The van der Waals surface area contributed by atoms with Crippen molar-refractivity contribution in [3.8, 4) is 5.75 Å². The molecule has 136 valence electrons. The monoisotopic (exact) mass is 359 g/mol. The van der Waals surface area contributed by atoms with Crippen molar-refractivity contribution < 1.29 is 9.53 Å². The van der Waals surface area contributed by atoms with E-state index in [0.717, 1.165) is 17.5 Å². The van der Waals surface area contributed by atoms with E-state index in [0.29, 0.717) is 11.5 Å². The average molecular weight is 359 g/mol. The molecule has 2 aromatic carbocycles. The SMILES string of the molecule is C/C(=N/NC(=O)COc1ccccc1Cc1ccccc1)c1ccncc1. The van der Waals surface area contributed by atoms with Gasteiger partial charge in [0.25, 0.3) is 5.91 Å². The predicted octanol–water partition coefficient (Wildman–Crippen LogP) is 3.59. The number of benzene rings is 2. The van der Waals surface area contributed by atoms with Gasteiger partial charge in [-0.2, -0.15) is 5.10 Å². The molecule has 1 aromatic heterocycles. The summed E-state index contributed by atoms with van der Waals surface area (Å²) in [5.74, 6) is 0.393. The number of carbonyl (C=O) groups is 1. The van der Waals surface area contributed by atoms with Crippen LogP contribution >= 0.6 is 0 Å². The Morgan fingerprint density at radius 1 is 1.00 bits per heavy atom. The molecule has 0 saturated heterocycles. The molecule has 3 rings (SSSR count). The molecular weight excluding hydrogens is 338 g/mol. The van der Waals surface area contributed by atoms with Gasteiger partial charge < -0.3 is 4.74 Å². The van der Waals surface area contributed by atoms with Crippen LogP contribution in [0.15, 0.2) is 84.2 Å². The van der Waals surface area contributed by atoms with E-state index in [2.05, 4.69) is 27.6 Å². The first kappa shape index (κ1) is 18.3. The van der Waals surface area contributed by atoms with Gasteiger partial charge >= 0.3 is 0 Å². The highest BCUT2D eigenvalue weighted by atomic mass is 16.5. The quantitative estimate of drug-likeness (QED) is 0.518. The molecule has 3 aromatic rings. The van der Waals surface area contributed by atoms with Gasteiger partial charge in [-0.25, -0.2) is 5.43 Å². The number of aromatic nitrogens is 1. The van der Waals surface area contributed by atoms with Crippen LogP contribution in [0.5, 0.6) is 5.75 Å². The van der Waals surface area contributed by atoms with Gasteiger partial charge in [0.15, 0.2) is 6.61 Å². The molecule has 5 nitrogen and oxygen atoms in total. The van der Waals surface area contributed by atoms with E-state index >= 15 is 0 Å². The first-order chi connectivity index (χ1) is 13.2. The minimum atomic E-state index is -0.307. The third kappa shape index (κ3) is 5.51. The van der Waals surface area contributed by atoms with Crippen molar-refractivity contribution in [1.82, 2.24) is 10.4 Å². The second kappa shape index (κ2) is 9.29. The maximum absolute atomic E-state index is 12.1. The minimum Gasteiger partial charge on any atom is -0.483 e. The number of hydrogen-bond donors (Lipinski definition) is 1. The zero-order chi connectivity index (χ0) is 18.9. The van der Waals surface area contributed by atoms with E-state index in [1.165, 1.54) is 5.56 Å². The Morgan fingerprint density at radius 3 is 2.48 bits per heavy atom. The number of nitrogens with zero attached hydrogens (tertiary/aromatic N) is 2. The Morgan fingerprint density at radius 2 is 1.70 bits per heavy atom. The lowest BCUT2D eigenvalue weighted by Gasteiger charge is -2.11. The molecular formula is C22H21N3O2. The lowest BCUT2D eigenvalue weighted by Crippen LogP contribution is -2.25. The number of pyridine rings is 1.